The summed E-state index contributed by atoms with van der Waals surface area (Å²) in [5.41, 5.74) is 2.82. The SMILES string of the molecule is Cc1cc(Cl)cc(C)c1NC(=O)C1([N+]2(C)CCCC2)CC1. The van der Waals surface area contributed by atoms with Crippen LogP contribution in [0.5, 0.6) is 0 Å². The van der Waals surface area contributed by atoms with Gasteiger partial charge in [0.2, 0.25) is 0 Å². The normalized spacial score (nSPS) is 22.1. The van der Waals surface area contributed by atoms with Crippen molar-refractivity contribution >= 4 is 23.2 Å². The van der Waals surface area contributed by atoms with Gasteiger partial charge in [-0.25, -0.2) is 0 Å². The molecular weight excluding hydrogens is 284 g/mol. The first-order chi connectivity index (χ1) is 9.88. The van der Waals surface area contributed by atoms with E-state index in [0.29, 0.717) is 0 Å². The molecule has 21 heavy (non-hydrogen) atoms. The fourth-order valence-electron chi connectivity index (χ4n) is 3.93. The molecule has 3 nitrogen and oxygen atoms in total. The van der Waals surface area contributed by atoms with E-state index in [1.54, 1.807) is 0 Å². The Morgan fingerprint density at radius 3 is 2.19 bits per heavy atom. The number of carbonyl (C=O) groups excluding carboxylic acids is 1. The van der Waals surface area contributed by atoms with Crippen molar-refractivity contribution in [3.8, 4) is 0 Å². The first-order valence-electron chi connectivity index (χ1n) is 7.81. The van der Waals surface area contributed by atoms with Crippen molar-refractivity contribution in [2.45, 2.75) is 45.1 Å². The third-order valence-corrected chi connectivity index (χ3v) is 5.69. The second-order valence-electron chi connectivity index (χ2n) is 6.95. The van der Waals surface area contributed by atoms with Gasteiger partial charge in [-0.05, 0) is 37.1 Å². The molecular formula is C17H24ClN2O+. The maximum atomic E-state index is 12.9. The first-order valence-corrected chi connectivity index (χ1v) is 8.19. The van der Waals surface area contributed by atoms with Crippen LogP contribution in [0.25, 0.3) is 0 Å². The van der Waals surface area contributed by atoms with Crippen molar-refractivity contribution in [3.05, 3.63) is 28.3 Å². The number of benzene rings is 1. The second kappa shape index (κ2) is 4.99. The van der Waals surface area contributed by atoms with E-state index in [1.165, 1.54) is 12.8 Å². The number of likely N-dealkylation sites (N-methyl/N-ethyl adjacent to an activating group) is 1. The summed E-state index contributed by atoms with van der Waals surface area (Å²) in [4.78, 5) is 12.9. The van der Waals surface area contributed by atoms with Gasteiger partial charge in [-0.2, -0.15) is 0 Å². The van der Waals surface area contributed by atoms with Crippen molar-refractivity contribution in [1.29, 1.82) is 0 Å². The second-order valence-corrected chi connectivity index (χ2v) is 7.39. The van der Waals surface area contributed by atoms with Crippen molar-refractivity contribution in [1.82, 2.24) is 0 Å². The summed E-state index contributed by atoms with van der Waals surface area (Å²) in [5, 5.41) is 3.92. The number of halogens is 1. The molecule has 1 aliphatic heterocycles. The lowest BCUT2D eigenvalue weighted by atomic mass is 10.1. The smallest absolute Gasteiger partial charge is 0.285 e. The highest BCUT2D eigenvalue weighted by Gasteiger charge is 2.64. The van der Waals surface area contributed by atoms with Crippen LogP contribution in [0.2, 0.25) is 5.02 Å². The minimum atomic E-state index is -0.185. The Kier molecular flexibility index (Phi) is 3.53. The van der Waals surface area contributed by atoms with E-state index in [9.17, 15) is 4.79 Å². The number of anilines is 1. The van der Waals surface area contributed by atoms with Crippen LogP contribution in [0.15, 0.2) is 12.1 Å². The Bertz CT molecular complexity index is 563. The summed E-state index contributed by atoms with van der Waals surface area (Å²) in [7, 11) is 2.25. The van der Waals surface area contributed by atoms with E-state index in [0.717, 1.165) is 52.3 Å². The molecule has 1 amide bonds. The summed E-state index contributed by atoms with van der Waals surface area (Å²) in [5.74, 6) is 0.195. The Hall–Kier alpha value is -1.06. The van der Waals surface area contributed by atoms with Crippen molar-refractivity contribution in [3.63, 3.8) is 0 Å². The zero-order valence-corrected chi connectivity index (χ0v) is 13.9. The van der Waals surface area contributed by atoms with Gasteiger partial charge >= 0.3 is 0 Å². The molecule has 1 saturated heterocycles. The zero-order valence-electron chi connectivity index (χ0n) is 13.1. The van der Waals surface area contributed by atoms with E-state index in [4.69, 9.17) is 11.6 Å². The van der Waals surface area contributed by atoms with E-state index < -0.39 is 0 Å². The summed E-state index contributed by atoms with van der Waals surface area (Å²) in [6.45, 7) is 6.26. The van der Waals surface area contributed by atoms with Gasteiger partial charge in [-0.15, -0.1) is 0 Å². The van der Waals surface area contributed by atoms with Crippen LogP contribution < -0.4 is 5.32 Å². The van der Waals surface area contributed by atoms with Crippen molar-refractivity contribution in [2.75, 3.05) is 25.5 Å². The largest absolute Gasteiger partial charge is 0.320 e. The molecule has 0 spiro atoms. The first kappa shape index (κ1) is 14.9. The van der Waals surface area contributed by atoms with Crippen LogP contribution in [0.3, 0.4) is 0 Å². The Labute approximate surface area is 131 Å². The number of carbonyl (C=O) groups is 1. The zero-order chi connectivity index (χ0) is 15.3. The highest BCUT2D eigenvalue weighted by atomic mass is 35.5. The molecule has 114 valence electrons. The molecule has 0 aromatic heterocycles. The number of nitrogens with zero attached hydrogens (tertiary/aromatic N) is 1. The number of hydrogen-bond acceptors (Lipinski definition) is 1. The van der Waals surface area contributed by atoms with Gasteiger partial charge in [0.25, 0.3) is 5.91 Å². The molecule has 3 rings (SSSR count). The molecule has 1 heterocycles. The van der Waals surface area contributed by atoms with Gasteiger partial charge in [0.05, 0.1) is 20.1 Å². The van der Waals surface area contributed by atoms with Crippen molar-refractivity contribution in [2.24, 2.45) is 0 Å². The quantitative estimate of drug-likeness (QED) is 0.848. The van der Waals surface area contributed by atoms with Crippen LogP contribution in [-0.4, -0.2) is 36.1 Å². The minimum Gasteiger partial charge on any atom is -0.320 e. The molecule has 0 bridgehead atoms. The van der Waals surface area contributed by atoms with E-state index >= 15 is 0 Å². The van der Waals surface area contributed by atoms with E-state index in [1.807, 2.05) is 26.0 Å². The molecule has 1 N–H and O–H groups in total. The maximum Gasteiger partial charge on any atom is 0.285 e. The Balaban J connectivity index is 1.84. The fourth-order valence-corrected chi connectivity index (χ4v) is 4.26. The molecule has 1 aromatic carbocycles. The average Bonchev–Trinajstić information content (AvgIpc) is 3.12. The molecule has 0 radical (unpaired) electrons. The molecule has 1 saturated carbocycles. The fraction of sp³-hybridized carbons (Fsp3) is 0.588. The molecule has 2 fully saturated rings. The number of rotatable bonds is 3. The molecule has 1 aromatic rings. The van der Waals surface area contributed by atoms with Gasteiger partial charge in [-0.1, -0.05) is 11.6 Å². The molecule has 2 aliphatic rings. The van der Waals surface area contributed by atoms with Crippen LogP contribution in [0, 0.1) is 13.8 Å². The predicted octanol–water partition coefficient (Wildman–Crippen LogP) is 3.67. The molecule has 0 atom stereocenters. The minimum absolute atomic E-state index is 0.185. The third kappa shape index (κ3) is 2.36. The number of likely N-dealkylation sites (tertiary alicyclic amines) is 1. The Morgan fingerprint density at radius 2 is 1.71 bits per heavy atom. The molecule has 0 unspecified atom stereocenters. The lowest BCUT2D eigenvalue weighted by molar-refractivity contribution is -0.923. The summed E-state index contributed by atoms with van der Waals surface area (Å²) < 4.78 is 0.921. The lowest BCUT2D eigenvalue weighted by Crippen LogP contribution is -2.57. The lowest BCUT2D eigenvalue weighted by Gasteiger charge is -2.37. The molecule has 4 heteroatoms. The van der Waals surface area contributed by atoms with Crippen molar-refractivity contribution < 1.29 is 9.28 Å². The highest BCUT2D eigenvalue weighted by Crippen LogP contribution is 2.49. The monoisotopic (exact) mass is 307 g/mol. The topological polar surface area (TPSA) is 29.1 Å². The van der Waals surface area contributed by atoms with Gasteiger partial charge in [-0.3, -0.25) is 4.79 Å². The van der Waals surface area contributed by atoms with Crippen LogP contribution in [0.1, 0.15) is 36.8 Å². The number of nitrogens with one attached hydrogen (secondary N) is 1. The van der Waals surface area contributed by atoms with Gasteiger partial charge in [0.15, 0.2) is 5.54 Å². The summed E-state index contributed by atoms with van der Waals surface area (Å²) >= 11 is 6.07. The van der Waals surface area contributed by atoms with Gasteiger partial charge in [0, 0.05) is 36.4 Å². The van der Waals surface area contributed by atoms with Crippen LogP contribution >= 0.6 is 11.6 Å². The third-order valence-electron chi connectivity index (χ3n) is 5.47. The summed E-state index contributed by atoms with van der Waals surface area (Å²) in [6.07, 6.45) is 4.51. The van der Waals surface area contributed by atoms with E-state index in [-0.39, 0.29) is 11.4 Å². The van der Waals surface area contributed by atoms with Gasteiger partial charge < -0.3 is 9.80 Å². The molecule has 1 aliphatic carbocycles. The summed E-state index contributed by atoms with van der Waals surface area (Å²) in [6, 6.07) is 3.83. The standard InChI is InChI=1S/C17H23ClN2O/c1-12-10-14(18)11-13(2)15(12)19-16(21)17(6-7-17)20(3)8-4-5-9-20/h10-11H,4-9H2,1-3H3/p+1. The highest BCUT2D eigenvalue weighted by molar-refractivity contribution is 6.30. The average molecular weight is 308 g/mol. The Morgan fingerprint density at radius 1 is 1.19 bits per heavy atom. The maximum absolute atomic E-state index is 12.9. The van der Waals surface area contributed by atoms with Crippen LogP contribution in [-0.2, 0) is 4.79 Å². The number of quaternary nitrogens is 1. The van der Waals surface area contributed by atoms with E-state index in [2.05, 4.69) is 12.4 Å². The number of hydrogen-bond donors (Lipinski definition) is 1. The predicted molar refractivity (Wildman–Crippen MR) is 86.7 cm³/mol. The number of amides is 1. The van der Waals surface area contributed by atoms with Gasteiger partial charge in [0.1, 0.15) is 0 Å². The van der Waals surface area contributed by atoms with Crippen LogP contribution in [0.4, 0.5) is 5.69 Å². The number of aryl methyl sites for hydroxylation is 2.